The van der Waals surface area contributed by atoms with E-state index >= 15 is 0 Å². The molecule has 1 N–H and O–H groups in total. The highest BCUT2D eigenvalue weighted by atomic mass is 16.1. The fourth-order valence-corrected chi connectivity index (χ4v) is 3.12. The monoisotopic (exact) mass is 303 g/mol. The molecule has 2 rings (SSSR count). The van der Waals surface area contributed by atoms with Gasteiger partial charge in [0.25, 0.3) is 0 Å². The van der Waals surface area contributed by atoms with Crippen molar-refractivity contribution in [3.63, 3.8) is 0 Å². The molecule has 0 unspecified atom stereocenters. The molecule has 4 heteroatoms. The molecule has 0 bridgehead atoms. The van der Waals surface area contributed by atoms with Crippen LogP contribution in [-0.4, -0.2) is 45.5 Å². The van der Waals surface area contributed by atoms with Crippen molar-refractivity contribution >= 4 is 11.6 Å². The second-order valence-electron chi connectivity index (χ2n) is 6.69. The second kappa shape index (κ2) is 7.63. The predicted molar refractivity (Wildman–Crippen MR) is 92.2 cm³/mol. The maximum atomic E-state index is 12.2. The Balaban J connectivity index is 1.98. The van der Waals surface area contributed by atoms with Crippen LogP contribution in [0.3, 0.4) is 0 Å². The zero-order chi connectivity index (χ0) is 16.1. The first kappa shape index (κ1) is 16.8. The summed E-state index contributed by atoms with van der Waals surface area (Å²) in [4.78, 5) is 16.5. The van der Waals surface area contributed by atoms with Gasteiger partial charge in [-0.2, -0.15) is 0 Å². The molecule has 0 spiro atoms. The number of anilines is 1. The molecule has 1 aromatic rings. The van der Waals surface area contributed by atoms with Gasteiger partial charge in [-0.25, -0.2) is 0 Å². The van der Waals surface area contributed by atoms with Crippen LogP contribution in [0.1, 0.15) is 37.3 Å². The number of nitrogens with one attached hydrogen (secondary N) is 1. The van der Waals surface area contributed by atoms with E-state index in [0.29, 0.717) is 6.54 Å². The molecule has 1 fully saturated rings. The molecule has 1 aliphatic carbocycles. The van der Waals surface area contributed by atoms with E-state index in [1.807, 2.05) is 14.1 Å². The summed E-state index contributed by atoms with van der Waals surface area (Å²) in [5, 5.41) is 3.15. The Labute approximate surface area is 134 Å². The fourth-order valence-electron chi connectivity index (χ4n) is 3.12. The average Bonchev–Trinajstić information content (AvgIpc) is 3.01. The smallest absolute Gasteiger partial charge is 0.223 e. The fraction of sp³-hybridized carbons (Fsp3) is 0.611. The Morgan fingerprint density at radius 2 is 1.73 bits per heavy atom. The lowest BCUT2D eigenvalue weighted by atomic mass is 10.0. The van der Waals surface area contributed by atoms with Crippen LogP contribution in [0.5, 0.6) is 0 Å². The van der Waals surface area contributed by atoms with Crippen molar-refractivity contribution < 1.29 is 4.79 Å². The molecule has 0 aromatic heterocycles. The van der Waals surface area contributed by atoms with Crippen molar-refractivity contribution in [2.45, 2.75) is 31.7 Å². The summed E-state index contributed by atoms with van der Waals surface area (Å²) in [5.41, 5.74) is 2.43. The molecule has 4 nitrogen and oxygen atoms in total. The molecule has 1 aromatic carbocycles. The van der Waals surface area contributed by atoms with E-state index in [4.69, 9.17) is 0 Å². The summed E-state index contributed by atoms with van der Waals surface area (Å²) in [5.74, 6) is 0.466. The summed E-state index contributed by atoms with van der Waals surface area (Å²) < 4.78 is 0. The van der Waals surface area contributed by atoms with Crippen molar-refractivity contribution in [3.05, 3.63) is 29.8 Å². The molecule has 1 aliphatic rings. The number of rotatable bonds is 6. The summed E-state index contributed by atoms with van der Waals surface area (Å²) in [6.07, 6.45) is 4.49. The Kier molecular flexibility index (Phi) is 5.83. The molecule has 1 amide bonds. The molecular formula is C18H29N3O. The highest BCUT2D eigenvalue weighted by Gasteiger charge is 2.23. The Bertz CT molecular complexity index is 476. The SMILES string of the molecule is CN(C)c1ccc([C@@H](CNC(=O)C2CCCC2)N(C)C)cc1. The van der Waals surface area contributed by atoms with Gasteiger partial charge in [0.1, 0.15) is 0 Å². The zero-order valence-electron chi connectivity index (χ0n) is 14.3. The standard InChI is InChI=1S/C18H29N3O/c1-20(2)16-11-9-14(10-12-16)17(21(3)4)13-19-18(22)15-7-5-6-8-15/h9-12,15,17H,5-8,13H2,1-4H3,(H,19,22)/t17-/m1/s1. The van der Waals surface area contributed by atoms with Gasteiger partial charge in [0, 0.05) is 32.2 Å². The van der Waals surface area contributed by atoms with Crippen molar-refractivity contribution in [2.75, 3.05) is 39.6 Å². The molecule has 1 atom stereocenters. The number of carbonyl (C=O) groups excluding carboxylic acids is 1. The summed E-state index contributed by atoms with van der Waals surface area (Å²) in [6.45, 7) is 0.670. The van der Waals surface area contributed by atoms with Crippen LogP contribution in [0.25, 0.3) is 0 Å². The Morgan fingerprint density at radius 3 is 2.23 bits per heavy atom. The number of carbonyl (C=O) groups is 1. The number of amides is 1. The van der Waals surface area contributed by atoms with Gasteiger partial charge in [-0.1, -0.05) is 25.0 Å². The number of benzene rings is 1. The first-order chi connectivity index (χ1) is 10.5. The third-order valence-corrected chi connectivity index (χ3v) is 4.61. The molecule has 0 aliphatic heterocycles. The van der Waals surface area contributed by atoms with Crippen LogP contribution in [0, 0.1) is 5.92 Å². The molecule has 22 heavy (non-hydrogen) atoms. The van der Waals surface area contributed by atoms with Gasteiger partial charge in [-0.15, -0.1) is 0 Å². The molecule has 122 valence electrons. The normalized spacial score (nSPS) is 16.8. The van der Waals surface area contributed by atoms with Crippen molar-refractivity contribution in [2.24, 2.45) is 5.92 Å². The van der Waals surface area contributed by atoms with Gasteiger partial charge in [-0.3, -0.25) is 4.79 Å². The summed E-state index contributed by atoms with van der Waals surface area (Å²) >= 11 is 0. The van der Waals surface area contributed by atoms with Crippen LogP contribution >= 0.6 is 0 Å². The third kappa shape index (κ3) is 4.23. The second-order valence-corrected chi connectivity index (χ2v) is 6.69. The van der Waals surface area contributed by atoms with E-state index in [0.717, 1.165) is 12.8 Å². The van der Waals surface area contributed by atoms with E-state index in [-0.39, 0.29) is 17.9 Å². The minimum absolute atomic E-state index is 0.210. The Morgan fingerprint density at radius 1 is 1.14 bits per heavy atom. The first-order valence-corrected chi connectivity index (χ1v) is 8.20. The van der Waals surface area contributed by atoms with E-state index in [1.165, 1.54) is 24.1 Å². The lowest BCUT2D eigenvalue weighted by Gasteiger charge is -2.26. The number of nitrogens with zero attached hydrogens (tertiary/aromatic N) is 2. The van der Waals surface area contributed by atoms with Gasteiger partial charge in [0.15, 0.2) is 0 Å². The van der Waals surface area contributed by atoms with Gasteiger partial charge in [-0.05, 0) is 44.6 Å². The quantitative estimate of drug-likeness (QED) is 0.877. The summed E-state index contributed by atoms with van der Waals surface area (Å²) in [7, 11) is 8.21. The molecular weight excluding hydrogens is 274 g/mol. The third-order valence-electron chi connectivity index (χ3n) is 4.61. The van der Waals surface area contributed by atoms with E-state index in [9.17, 15) is 4.79 Å². The van der Waals surface area contributed by atoms with Crippen LogP contribution in [0.4, 0.5) is 5.69 Å². The maximum Gasteiger partial charge on any atom is 0.223 e. The first-order valence-electron chi connectivity index (χ1n) is 8.20. The van der Waals surface area contributed by atoms with Gasteiger partial charge in [0.05, 0.1) is 6.04 Å². The largest absolute Gasteiger partial charge is 0.378 e. The average molecular weight is 303 g/mol. The number of likely N-dealkylation sites (N-methyl/N-ethyl adjacent to an activating group) is 1. The summed E-state index contributed by atoms with van der Waals surface area (Å²) in [6, 6.07) is 8.78. The van der Waals surface area contributed by atoms with E-state index in [2.05, 4.69) is 53.5 Å². The van der Waals surface area contributed by atoms with Gasteiger partial charge >= 0.3 is 0 Å². The van der Waals surface area contributed by atoms with Crippen LogP contribution in [-0.2, 0) is 4.79 Å². The lowest BCUT2D eigenvalue weighted by Crippen LogP contribution is -2.37. The molecule has 0 radical (unpaired) electrons. The molecule has 0 heterocycles. The molecule has 1 saturated carbocycles. The van der Waals surface area contributed by atoms with Crippen molar-refractivity contribution in [1.82, 2.24) is 10.2 Å². The lowest BCUT2D eigenvalue weighted by molar-refractivity contribution is -0.125. The van der Waals surface area contributed by atoms with Crippen molar-refractivity contribution in [1.29, 1.82) is 0 Å². The maximum absolute atomic E-state index is 12.2. The highest BCUT2D eigenvalue weighted by Crippen LogP contribution is 2.25. The molecule has 0 saturated heterocycles. The minimum Gasteiger partial charge on any atom is -0.378 e. The van der Waals surface area contributed by atoms with Crippen LogP contribution in [0.2, 0.25) is 0 Å². The van der Waals surface area contributed by atoms with Crippen LogP contribution < -0.4 is 10.2 Å². The minimum atomic E-state index is 0.210. The van der Waals surface area contributed by atoms with E-state index < -0.39 is 0 Å². The van der Waals surface area contributed by atoms with Gasteiger partial charge in [0.2, 0.25) is 5.91 Å². The number of hydrogen-bond donors (Lipinski definition) is 1. The predicted octanol–water partition coefficient (Wildman–Crippen LogP) is 2.66. The van der Waals surface area contributed by atoms with Crippen LogP contribution in [0.15, 0.2) is 24.3 Å². The Hall–Kier alpha value is -1.55. The van der Waals surface area contributed by atoms with Crippen molar-refractivity contribution in [3.8, 4) is 0 Å². The topological polar surface area (TPSA) is 35.6 Å². The van der Waals surface area contributed by atoms with Gasteiger partial charge < -0.3 is 15.1 Å². The number of hydrogen-bond acceptors (Lipinski definition) is 3. The highest BCUT2D eigenvalue weighted by molar-refractivity contribution is 5.78. The van der Waals surface area contributed by atoms with E-state index in [1.54, 1.807) is 0 Å². The zero-order valence-corrected chi connectivity index (χ0v) is 14.3.